The van der Waals surface area contributed by atoms with Gasteiger partial charge in [-0.1, -0.05) is 17.7 Å². The highest BCUT2D eigenvalue weighted by atomic mass is 32.2. The van der Waals surface area contributed by atoms with Crippen LogP contribution in [0.4, 0.5) is 23.1 Å². The molecule has 2 aromatic carbocycles. The van der Waals surface area contributed by atoms with Crippen molar-refractivity contribution in [3.63, 3.8) is 0 Å². The summed E-state index contributed by atoms with van der Waals surface area (Å²) < 4.78 is 27.7. The summed E-state index contributed by atoms with van der Waals surface area (Å²) in [5, 5.41) is 3.23. The third-order valence-corrected chi connectivity index (χ3v) is 6.64. The molecule has 2 N–H and O–H groups in total. The van der Waals surface area contributed by atoms with Crippen LogP contribution < -0.4 is 14.9 Å². The van der Waals surface area contributed by atoms with Crippen LogP contribution in [-0.2, 0) is 10.0 Å². The van der Waals surface area contributed by atoms with E-state index in [1.165, 1.54) is 19.3 Å². The zero-order chi connectivity index (χ0) is 21.8. The minimum absolute atomic E-state index is 0.235. The molecule has 0 amide bonds. The Balaban J connectivity index is 1.46. The summed E-state index contributed by atoms with van der Waals surface area (Å²) in [7, 11) is -3.63. The number of nitrogens with zero attached hydrogens (tertiary/aromatic N) is 3. The Kier molecular flexibility index (Phi) is 6.08. The van der Waals surface area contributed by atoms with Gasteiger partial charge in [-0.25, -0.2) is 13.4 Å². The molecule has 7 nitrogen and oxygen atoms in total. The van der Waals surface area contributed by atoms with Gasteiger partial charge in [-0.2, -0.15) is 4.98 Å². The van der Waals surface area contributed by atoms with Gasteiger partial charge < -0.3 is 10.2 Å². The van der Waals surface area contributed by atoms with Crippen molar-refractivity contribution in [3.05, 3.63) is 65.9 Å². The molecule has 0 saturated carbocycles. The summed E-state index contributed by atoms with van der Waals surface area (Å²) in [6.07, 6.45) is 3.64. The van der Waals surface area contributed by atoms with Gasteiger partial charge in [-0.15, -0.1) is 0 Å². The lowest BCUT2D eigenvalue weighted by molar-refractivity contribution is 0.573. The van der Waals surface area contributed by atoms with Crippen molar-refractivity contribution in [2.24, 2.45) is 0 Å². The summed E-state index contributed by atoms with van der Waals surface area (Å²) in [6, 6.07) is 15.8. The first kappa shape index (κ1) is 21.1. The van der Waals surface area contributed by atoms with Gasteiger partial charge in [0.15, 0.2) is 0 Å². The second-order valence-electron chi connectivity index (χ2n) is 7.86. The van der Waals surface area contributed by atoms with Crippen molar-refractivity contribution < 1.29 is 8.42 Å². The molecule has 0 atom stereocenters. The van der Waals surface area contributed by atoms with Crippen LogP contribution in [0.1, 0.15) is 30.5 Å². The lowest BCUT2D eigenvalue weighted by Gasteiger charge is -2.28. The number of aromatic nitrogens is 2. The number of aryl methyl sites for hydroxylation is 2. The van der Waals surface area contributed by atoms with E-state index in [4.69, 9.17) is 0 Å². The first-order valence-electron chi connectivity index (χ1n) is 10.5. The normalized spacial score (nSPS) is 14.3. The number of anilines is 4. The van der Waals surface area contributed by atoms with Crippen LogP contribution in [-0.4, -0.2) is 31.5 Å². The number of hydrogen-bond donors (Lipinski definition) is 2. The SMILES string of the molecule is Cc1ccc(S(=O)(=O)Nc2ccc(Nc3nc(C)cc(N4CCCCC4)n3)cc2)cc1. The first-order valence-corrected chi connectivity index (χ1v) is 11.9. The Morgan fingerprint density at radius 3 is 2.16 bits per heavy atom. The largest absolute Gasteiger partial charge is 0.356 e. The zero-order valence-electron chi connectivity index (χ0n) is 17.8. The van der Waals surface area contributed by atoms with Gasteiger partial charge in [0.05, 0.1) is 4.90 Å². The second-order valence-corrected chi connectivity index (χ2v) is 9.54. The molecule has 1 fully saturated rings. The number of rotatable bonds is 6. The molecular weight excluding hydrogens is 410 g/mol. The predicted octanol–water partition coefficient (Wildman–Crippen LogP) is 4.63. The molecule has 0 bridgehead atoms. The quantitative estimate of drug-likeness (QED) is 0.585. The molecule has 0 unspecified atom stereocenters. The van der Waals surface area contributed by atoms with Crippen molar-refractivity contribution in [3.8, 4) is 0 Å². The Morgan fingerprint density at radius 1 is 0.839 bits per heavy atom. The summed E-state index contributed by atoms with van der Waals surface area (Å²) in [6.45, 7) is 5.92. The standard InChI is InChI=1S/C23H27N5O2S/c1-17-6-12-21(13-7-17)31(29,30)27-20-10-8-19(9-11-20)25-23-24-18(2)16-22(26-23)28-14-4-3-5-15-28/h6-13,16,27H,3-5,14-15H2,1-2H3,(H,24,25,26). The fourth-order valence-corrected chi connectivity index (χ4v) is 4.63. The van der Waals surface area contributed by atoms with Crippen LogP contribution in [0.3, 0.4) is 0 Å². The van der Waals surface area contributed by atoms with Crippen molar-refractivity contribution in [2.45, 2.75) is 38.0 Å². The maximum atomic E-state index is 12.6. The topological polar surface area (TPSA) is 87.2 Å². The lowest BCUT2D eigenvalue weighted by atomic mass is 10.1. The average Bonchev–Trinajstić information content (AvgIpc) is 2.75. The summed E-state index contributed by atoms with van der Waals surface area (Å²) in [5.74, 6) is 1.48. The van der Waals surface area contributed by atoms with E-state index in [2.05, 4.69) is 24.9 Å². The van der Waals surface area contributed by atoms with Crippen LogP contribution in [0, 0.1) is 13.8 Å². The molecule has 31 heavy (non-hydrogen) atoms. The molecule has 8 heteroatoms. The van der Waals surface area contributed by atoms with Crippen LogP contribution in [0.5, 0.6) is 0 Å². The molecule has 1 aliphatic heterocycles. The van der Waals surface area contributed by atoms with Gasteiger partial charge in [-0.3, -0.25) is 4.72 Å². The zero-order valence-corrected chi connectivity index (χ0v) is 18.6. The van der Waals surface area contributed by atoms with Crippen molar-refractivity contribution in [2.75, 3.05) is 28.0 Å². The van der Waals surface area contributed by atoms with Crippen LogP contribution in [0.25, 0.3) is 0 Å². The van der Waals surface area contributed by atoms with Crippen molar-refractivity contribution >= 4 is 33.2 Å². The molecular formula is C23H27N5O2S. The molecule has 3 aromatic rings. The summed E-state index contributed by atoms with van der Waals surface area (Å²) in [4.78, 5) is 11.7. The maximum Gasteiger partial charge on any atom is 0.261 e. The van der Waals surface area contributed by atoms with E-state index in [-0.39, 0.29) is 4.90 Å². The monoisotopic (exact) mass is 437 g/mol. The minimum atomic E-state index is -3.63. The van der Waals surface area contributed by atoms with Crippen LogP contribution in [0.15, 0.2) is 59.5 Å². The number of benzene rings is 2. The minimum Gasteiger partial charge on any atom is -0.356 e. The molecule has 0 radical (unpaired) electrons. The van der Waals surface area contributed by atoms with Gasteiger partial charge in [0.1, 0.15) is 5.82 Å². The second kappa shape index (κ2) is 8.93. The summed E-state index contributed by atoms with van der Waals surface area (Å²) >= 11 is 0. The molecule has 4 rings (SSSR count). The number of sulfonamides is 1. The van der Waals surface area contributed by atoms with Gasteiger partial charge in [0, 0.05) is 36.2 Å². The van der Waals surface area contributed by atoms with E-state index in [9.17, 15) is 8.42 Å². The number of piperidine rings is 1. The van der Waals surface area contributed by atoms with Gasteiger partial charge in [0.2, 0.25) is 5.95 Å². The summed E-state index contributed by atoms with van der Waals surface area (Å²) in [5.41, 5.74) is 3.19. The highest BCUT2D eigenvalue weighted by Crippen LogP contribution is 2.23. The third kappa shape index (κ3) is 5.32. The maximum absolute atomic E-state index is 12.6. The molecule has 1 saturated heterocycles. The molecule has 1 aliphatic rings. The van der Waals surface area contributed by atoms with E-state index in [1.807, 2.05) is 19.9 Å². The Bertz CT molecular complexity index is 1140. The van der Waals surface area contributed by atoms with E-state index in [1.54, 1.807) is 48.5 Å². The van der Waals surface area contributed by atoms with Crippen molar-refractivity contribution in [1.29, 1.82) is 0 Å². The molecule has 2 heterocycles. The van der Waals surface area contributed by atoms with Gasteiger partial charge >= 0.3 is 0 Å². The van der Waals surface area contributed by atoms with Crippen molar-refractivity contribution in [1.82, 2.24) is 9.97 Å². The molecule has 162 valence electrons. The van der Waals surface area contributed by atoms with Gasteiger partial charge in [0.25, 0.3) is 10.0 Å². The highest BCUT2D eigenvalue weighted by Gasteiger charge is 2.15. The van der Waals surface area contributed by atoms with Crippen LogP contribution >= 0.6 is 0 Å². The third-order valence-electron chi connectivity index (χ3n) is 5.25. The fraction of sp³-hybridized carbons (Fsp3) is 0.304. The smallest absolute Gasteiger partial charge is 0.261 e. The average molecular weight is 438 g/mol. The molecule has 1 aromatic heterocycles. The Morgan fingerprint density at radius 2 is 1.48 bits per heavy atom. The Hall–Kier alpha value is -3.13. The van der Waals surface area contributed by atoms with E-state index in [0.29, 0.717) is 11.6 Å². The van der Waals surface area contributed by atoms with Crippen LogP contribution in [0.2, 0.25) is 0 Å². The molecule has 0 aliphatic carbocycles. The lowest BCUT2D eigenvalue weighted by Crippen LogP contribution is -2.30. The van der Waals surface area contributed by atoms with E-state index < -0.39 is 10.0 Å². The first-order chi connectivity index (χ1) is 14.9. The highest BCUT2D eigenvalue weighted by molar-refractivity contribution is 7.92. The Labute approximate surface area is 183 Å². The number of hydrogen-bond acceptors (Lipinski definition) is 6. The fourth-order valence-electron chi connectivity index (χ4n) is 3.58. The molecule has 0 spiro atoms. The van der Waals surface area contributed by atoms with E-state index >= 15 is 0 Å². The number of nitrogens with one attached hydrogen (secondary N) is 2. The van der Waals surface area contributed by atoms with E-state index in [0.717, 1.165) is 35.9 Å². The predicted molar refractivity (Wildman–Crippen MR) is 125 cm³/mol. The van der Waals surface area contributed by atoms with Gasteiger partial charge in [-0.05, 0) is 69.5 Å².